The first-order chi connectivity index (χ1) is 14.0. The molecule has 0 aromatic heterocycles. The second-order valence-corrected chi connectivity index (χ2v) is 7.97. The van der Waals surface area contributed by atoms with Crippen LogP contribution in [0.5, 0.6) is 0 Å². The third kappa shape index (κ3) is 16.7. The average Bonchev–Trinajstić information content (AvgIpc) is 2.73. The number of aliphatic hydroxyl groups excluding tert-OH is 4. The minimum Gasteiger partial charge on any atom is -0.394 e. The Morgan fingerprint density at radius 3 is 1.72 bits per heavy atom. The molecule has 3 atom stereocenters. The van der Waals surface area contributed by atoms with Crippen molar-refractivity contribution in [2.75, 3.05) is 26.2 Å². The lowest BCUT2D eigenvalue weighted by Crippen LogP contribution is -2.48. The summed E-state index contributed by atoms with van der Waals surface area (Å²) in [5.41, 5.74) is 0. The monoisotopic (exact) mass is 418 g/mol. The number of carbonyl (C=O) groups is 1. The maximum absolute atomic E-state index is 11.6. The molecule has 0 aromatic carbocycles. The molecule has 7 heteroatoms. The molecule has 0 aromatic rings. The second-order valence-electron chi connectivity index (χ2n) is 7.97. The zero-order chi connectivity index (χ0) is 21.7. The Morgan fingerprint density at radius 1 is 0.724 bits per heavy atom. The summed E-state index contributed by atoms with van der Waals surface area (Å²) >= 11 is 0. The van der Waals surface area contributed by atoms with Crippen LogP contribution < -0.4 is 10.6 Å². The van der Waals surface area contributed by atoms with Crippen LogP contribution in [0.15, 0.2) is 0 Å². The smallest absolute Gasteiger partial charge is 0.251 e. The van der Waals surface area contributed by atoms with E-state index in [2.05, 4.69) is 17.6 Å². The van der Waals surface area contributed by atoms with E-state index in [1.54, 1.807) is 0 Å². The quantitative estimate of drug-likeness (QED) is 0.158. The summed E-state index contributed by atoms with van der Waals surface area (Å²) in [7, 11) is 0. The molecule has 0 rings (SSSR count). The highest BCUT2D eigenvalue weighted by atomic mass is 16.4. The number of aliphatic hydroxyl groups is 4. The van der Waals surface area contributed by atoms with E-state index in [1.165, 1.54) is 70.6 Å². The molecule has 7 nitrogen and oxygen atoms in total. The number of carbonyl (C=O) groups excluding carboxylic acids is 1. The van der Waals surface area contributed by atoms with Gasteiger partial charge in [-0.05, 0) is 25.9 Å². The number of nitrogens with one attached hydrogen (secondary N) is 2. The van der Waals surface area contributed by atoms with Gasteiger partial charge in [0.05, 0.1) is 6.61 Å². The fourth-order valence-electron chi connectivity index (χ4n) is 3.22. The number of hydrogen-bond acceptors (Lipinski definition) is 6. The molecule has 0 saturated carbocycles. The van der Waals surface area contributed by atoms with Gasteiger partial charge in [-0.2, -0.15) is 0 Å². The predicted molar refractivity (Wildman–Crippen MR) is 117 cm³/mol. The summed E-state index contributed by atoms with van der Waals surface area (Å²) in [6.45, 7) is 3.66. The maximum Gasteiger partial charge on any atom is 0.251 e. The van der Waals surface area contributed by atoms with E-state index in [-0.39, 0.29) is 0 Å². The first-order valence-corrected chi connectivity index (χ1v) is 11.7. The van der Waals surface area contributed by atoms with Crippen LogP contribution >= 0.6 is 0 Å². The van der Waals surface area contributed by atoms with E-state index in [1.807, 2.05) is 0 Å². The zero-order valence-corrected chi connectivity index (χ0v) is 18.4. The van der Waals surface area contributed by atoms with Crippen LogP contribution in [0.3, 0.4) is 0 Å². The van der Waals surface area contributed by atoms with Crippen LogP contribution in [-0.4, -0.2) is 70.9 Å². The van der Waals surface area contributed by atoms with Gasteiger partial charge in [-0.3, -0.25) is 4.79 Å². The van der Waals surface area contributed by atoms with E-state index in [9.17, 15) is 20.1 Å². The van der Waals surface area contributed by atoms with Crippen LogP contribution in [-0.2, 0) is 4.79 Å². The summed E-state index contributed by atoms with van der Waals surface area (Å²) in [6.07, 6.45) is 11.8. The second kappa shape index (κ2) is 20.5. The molecular weight excluding hydrogens is 372 g/mol. The lowest BCUT2D eigenvalue weighted by Gasteiger charge is -2.20. The Hall–Kier alpha value is -0.730. The van der Waals surface area contributed by atoms with Gasteiger partial charge in [0.1, 0.15) is 12.2 Å². The molecule has 0 aliphatic rings. The Bertz CT molecular complexity index is 371. The SMILES string of the molecule is CCCCCCCCCCCCCCNCCCNC(=O)[C@H](O)[C@H](O)[C@H](O)CO. The molecular formula is C22H46N2O5. The molecule has 29 heavy (non-hydrogen) atoms. The fourth-order valence-corrected chi connectivity index (χ4v) is 3.22. The van der Waals surface area contributed by atoms with Gasteiger partial charge in [-0.15, -0.1) is 0 Å². The molecule has 0 aliphatic carbocycles. The van der Waals surface area contributed by atoms with E-state index < -0.39 is 30.8 Å². The highest BCUT2D eigenvalue weighted by Crippen LogP contribution is 2.11. The van der Waals surface area contributed by atoms with Gasteiger partial charge >= 0.3 is 0 Å². The van der Waals surface area contributed by atoms with Gasteiger partial charge in [0.2, 0.25) is 0 Å². The molecule has 0 heterocycles. The summed E-state index contributed by atoms with van der Waals surface area (Å²) in [5, 5.41) is 42.8. The van der Waals surface area contributed by atoms with Crippen molar-refractivity contribution < 1.29 is 25.2 Å². The van der Waals surface area contributed by atoms with E-state index >= 15 is 0 Å². The van der Waals surface area contributed by atoms with Crippen LogP contribution in [0, 0.1) is 0 Å². The highest BCUT2D eigenvalue weighted by Gasteiger charge is 2.29. The molecule has 0 unspecified atom stereocenters. The van der Waals surface area contributed by atoms with Gasteiger partial charge in [0, 0.05) is 6.54 Å². The number of hydrogen-bond donors (Lipinski definition) is 6. The van der Waals surface area contributed by atoms with Crippen molar-refractivity contribution >= 4 is 5.91 Å². The summed E-state index contributed by atoms with van der Waals surface area (Å²) in [5.74, 6) is -0.744. The minimum absolute atomic E-state index is 0.378. The number of rotatable bonds is 21. The van der Waals surface area contributed by atoms with E-state index in [0.717, 1.165) is 25.9 Å². The molecule has 6 N–H and O–H groups in total. The van der Waals surface area contributed by atoms with Crippen molar-refractivity contribution in [3.05, 3.63) is 0 Å². The Morgan fingerprint density at radius 2 is 1.21 bits per heavy atom. The normalized spacial score (nSPS) is 14.5. The van der Waals surface area contributed by atoms with Crippen molar-refractivity contribution in [3.8, 4) is 0 Å². The van der Waals surface area contributed by atoms with Gasteiger partial charge < -0.3 is 31.1 Å². The molecule has 0 spiro atoms. The highest BCUT2D eigenvalue weighted by molar-refractivity contribution is 5.81. The number of unbranched alkanes of at least 4 members (excludes halogenated alkanes) is 11. The van der Waals surface area contributed by atoms with Crippen LogP contribution in [0.25, 0.3) is 0 Å². The lowest BCUT2D eigenvalue weighted by molar-refractivity contribution is -0.142. The summed E-state index contributed by atoms with van der Waals surface area (Å²) in [4.78, 5) is 11.6. The predicted octanol–water partition coefficient (Wildman–Crippen LogP) is 1.86. The average molecular weight is 419 g/mol. The molecule has 0 radical (unpaired) electrons. The van der Waals surface area contributed by atoms with Crippen molar-refractivity contribution in [3.63, 3.8) is 0 Å². The standard InChI is InChI=1S/C22H46N2O5/c1-2-3-4-5-6-7-8-9-10-11-12-13-15-23-16-14-17-24-22(29)21(28)20(27)19(26)18-25/h19-21,23,25-28H,2-18H2,1H3,(H,24,29)/t19-,20-,21-/m1/s1. The van der Waals surface area contributed by atoms with Gasteiger partial charge in [-0.1, -0.05) is 77.6 Å². The van der Waals surface area contributed by atoms with Crippen LogP contribution in [0.1, 0.15) is 90.4 Å². The van der Waals surface area contributed by atoms with Crippen molar-refractivity contribution in [1.82, 2.24) is 10.6 Å². The van der Waals surface area contributed by atoms with Crippen molar-refractivity contribution in [2.24, 2.45) is 0 Å². The van der Waals surface area contributed by atoms with Crippen LogP contribution in [0.2, 0.25) is 0 Å². The Labute approximate surface area is 177 Å². The van der Waals surface area contributed by atoms with E-state index in [0.29, 0.717) is 6.54 Å². The van der Waals surface area contributed by atoms with Gasteiger partial charge in [0.25, 0.3) is 5.91 Å². The lowest BCUT2D eigenvalue weighted by atomic mass is 10.1. The summed E-state index contributed by atoms with van der Waals surface area (Å²) < 4.78 is 0. The van der Waals surface area contributed by atoms with Crippen molar-refractivity contribution in [1.29, 1.82) is 0 Å². The third-order valence-electron chi connectivity index (χ3n) is 5.21. The molecule has 0 fully saturated rings. The molecule has 174 valence electrons. The van der Waals surface area contributed by atoms with E-state index in [4.69, 9.17) is 5.11 Å². The fraction of sp³-hybridized carbons (Fsp3) is 0.955. The number of amides is 1. The topological polar surface area (TPSA) is 122 Å². The largest absolute Gasteiger partial charge is 0.394 e. The maximum atomic E-state index is 11.6. The van der Waals surface area contributed by atoms with Gasteiger partial charge in [-0.25, -0.2) is 0 Å². The summed E-state index contributed by atoms with van der Waals surface area (Å²) in [6, 6.07) is 0. The third-order valence-corrected chi connectivity index (χ3v) is 5.21. The molecule has 0 aliphatic heterocycles. The first kappa shape index (κ1) is 28.3. The zero-order valence-electron chi connectivity index (χ0n) is 18.4. The first-order valence-electron chi connectivity index (χ1n) is 11.7. The van der Waals surface area contributed by atoms with Crippen molar-refractivity contribution in [2.45, 2.75) is 109 Å². The molecule has 0 bridgehead atoms. The minimum atomic E-state index is -1.74. The Kier molecular flexibility index (Phi) is 20.0. The molecule has 1 amide bonds. The van der Waals surface area contributed by atoms with Gasteiger partial charge in [0.15, 0.2) is 6.10 Å². The van der Waals surface area contributed by atoms with Crippen LogP contribution in [0.4, 0.5) is 0 Å². The Balaban J connectivity index is 3.32. The molecule has 0 saturated heterocycles.